The van der Waals surface area contributed by atoms with E-state index < -0.39 is 12.0 Å². The molecular formula is C15H15NO2. The summed E-state index contributed by atoms with van der Waals surface area (Å²) in [4.78, 5) is 11.3. The van der Waals surface area contributed by atoms with Crippen LogP contribution in [-0.2, 0) is 11.2 Å². The zero-order valence-corrected chi connectivity index (χ0v) is 10.2. The standard InChI is InChI=1S/C15H15NO2/c1-12-6-5-9-16(11-12)14(15(17)18)10-13-7-3-2-4-8-13/h2-9,11,14H,10H2,1H3/t14-/m0/s1. The Bertz CT molecular complexity index is 537. The molecule has 1 heterocycles. The summed E-state index contributed by atoms with van der Waals surface area (Å²) in [6.45, 7) is 1.94. The Morgan fingerprint density at radius 1 is 1.22 bits per heavy atom. The Balaban J connectivity index is 2.27. The van der Waals surface area contributed by atoms with Gasteiger partial charge in [0.2, 0.25) is 6.04 Å². The molecular weight excluding hydrogens is 226 g/mol. The smallest absolute Gasteiger partial charge is 0.201 e. The predicted molar refractivity (Wildman–Crippen MR) is 65.6 cm³/mol. The second kappa shape index (κ2) is 5.45. The molecule has 0 saturated carbocycles. The average molecular weight is 241 g/mol. The average Bonchev–Trinajstić information content (AvgIpc) is 2.37. The third-order valence-electron chi connectivity index (χ3n) is 2.87. The molecule has 18 heavy (non-hydrogen) atoms. The highest BCUT2D eigenvalue weighted by Crippen LogP contribution is 2.08. The highest BCUT2D eigenvalue weighted by atomic mass is 16.4. The summed E-state index contributed by atoms with van der Waals surface area (Å²) in [5.74, 6) is -1.06. The molecule has 0 aliphatic carbocycles. The molecule has 1 aromatic heterocycles. The predicted octanol–water partition coefficient (Wildman–Crippen LogP) is 0.816. The normalized spacial score (nSPS) is 12.1. The molecule has 0 spiro atoms. The lowest BCUT2D eigenvalue weighted by atomic mass is 10.1. The van der Waals surface area contributed by atoms with Gasteiger partial charge in [-0.2, -0.15) is 4.57 Å². The van der Waals surface area contributed by atoms with E-state index in [4.69, 9.17) is 0 Å². The van der Waals surface area contributed by atoms with Gasteiger partial charge >= 0.3 is 0 Å². The molecule has 0 amide bonds. The van der Waals surface area contributed by atoms with Crippen LogP contribution in [0.3, 0.4) is 0 Å². The fourth-order valence-electron chi connectivity index (χ4n) is 1.96. The number of nitrogens with zero attached hydrogens (tertiary/aromatic N) is 1. The fourth-order valence-corrected chi connectivity index (χ4v) is 1.96. The van der Waals surface area contributed by atoms with E-state index in [0.29, 0.717) is 6.42 Å². The van der Waals surface area contributed by atoms with Crippen LogP contribution >= 0.6 is 0 Å². The molecule has 1 aromatic carbocycles. The Hall–Kier alpha value is -2.16. The molecule has 92 valence electrons. The van der Waals surface area contributed by atoms with Gasteiger partial charge in [-0.05, 0) is 18.6 Å². The monoisotopic (exact) mass is 241 g/mol. The van der Waals surface area contributed by atoms with Gasteiger partial charge in [-0.25, -0.2) is 0 Å². The molecule has 0 aliphatic heterocycles. The highest BCUT2D eigenvalue weighted by Gasteiger charge is 2.20. The second-order valence-corrected chi connectivity index (χ2v) is 4.35. The van der Waals surface area contributed by atoms with E-state index in [1.54, 1.807) is 10.8 Å². The second-order valence-electron chi connectivity index (χ2n) is 4.35. The molecule has 3 nitrogen and oxygen atoms in total. The van der Waals surface area contributed by atoms with Gasteiger partial charge in [0.25, 0.3) is 0 Å². The number of benzene rings is 1. The number of carboxylic acid groups (broad SMARTS) is 1. The van der Waals surface area contributed by atoms with Crippen LogP contribution in [0.2, 0.25) is 0 Å². The maximum Gasteiger partial charge on any atom is 0.201 e. The van der Waals surface area contributed by atoms with Crippen molar-refractivity contribution in [1.29, 1.82) is 0 Å². The van der Waals surface area contributed by atoms with Gasteiger partial charge in [-0.1, -0.05) is 30.3 Å². The van der Waals surface area contributed by atoms with Gasteiger partial charge in [0.05, 0.1) is 0 Å². The van der Waals surface area contributed by atoms with E-state index in [1.807, 2.05) is 55.6 Å². The fraction of sp³-hybridized carbons (Fsp3) is 0.200. The van der Waals surface area contributed by atoms with Crippen molar-refractivity contribution in [2.24, 2.45) is 0 Å². The van der Waals surface area contributed by atoms with Crippen molar-refractivity contribution in [2.45, 2.75) is 19.4 Å². The summed E-state index contributed by atoms with van der Waals surface area (Å²) in [6, 6.07) is 12.7. The molecule has 2 aromatic rings. The Kier molecular flexibility index (Phi) is 3.72. The Morgan fingerprint density at radius 3 is 2.56 bits per heavy atom. The number of aliphatic carboxylic acids is 1. The topological polar surface area (TPSA) is 44.0 Å². The lowest BCUT2D eigenvalue weighted by molar-refractivity contribution is -0.716. The van der Waals surface area contributed by atoms with Crippen molar-refractivity contribution in [3.63, 3.8) is 0 Å². The lowest BCUT2D eigenvalue weighted by Crippen LogP contribution is -2.50. The first-order valence-electron chi connectivity index (χ1n) is 5.89. The van der Waals surface area contributed by atoms with Crippen LogP contribution in [0.15, 0.2) is 54.9 Å². The largest absolute Gasteiger partial charge is 0.543 e. The Morgan fingerprint density at radius 2 is 1.94 bits per heavy atom. The molecule has 0 fully saturated rings. The molecule has 0 radical (unpaired) electrons. The minimum Gasteiger partial charge on any atom is -0.543 e. The minimum absolute atomic E-state index is 0.428. The van der Waals surface area contributed by atoms with E-state index in [0.717, 1.165) is 11.1 Å². The number of carbonyl (C=O) groups is 1. The van der Waals surface area contributed by atoms with Gasteiger partial charge in [0, 0.05) is 18.1 Å². The summed E-state index contributed by atoms with van der Waals surface area (Å²) in [6.07, 6.45) is 4.01. The van der Waals surface area contributed by atoms with E-state index in [1.165, 1.54) is 0 Å². The van der Waals surface area contributed by atoms with Gasteiger partial charge in [-0.3, -0.25) is 0 Å². The van der Waals surface area contributed by atoms with Crippen LogP contribution in [0.25, 0.3) is 0 Å². The van der Waals surface area contributed by atoms with Crippen LogP contribution < -0.4 is 9.67 Å². The van der Waals surface area contributed by atoms with Crippen molar-refractivity contribution in [2.75, 3.05) is 0 Å². The van der Waals surface area contributed by atoms with Gasteiger partial charge < -0.3 is 9.90 Å². The highest BCUT2D eigenvalue weighted by molar-refractivity contribution is 5.67. The summed E-state index contributed by atoms with van der Waals surface area (Å²) < 4.78 is 1.69. The first-order valence-corrected chi connectivity index (χ1v) is 5.89. The number of hydrogen-bond acceptors (Lipinski definition) is 2. The molecule has 0 bridgehead atoms. The molecule has 1 atom stereocenters. The van der Waals surface area contributed by atoms with Crippen molar-refractivity contribution < 1.29 is 14.5 Å². The summed E-state index contributed by atoms with van der Waals surface area (Å²) >= 11 is 0. The Labute approximate surface area is 106 Å². The summed E-state index contributed by atoms with van der Waals surface area (Å²) in [7, 11) is 0. The number of carbonyl (C=O) groups excluding carboxylic acids is 1. The van der Waals surface area contributed by atoms with Crippen LogP contribution in [0.5, 0.6) is 0 Å². The van der Waals surface area contributed by atoms with Crippen molar-refractivity contribution in [1.82, 2.24) is 0 Å². The molecule has 0 aliphatic rings. The van der Waals surface area contributed by atoms with Gasteiger partial charge in [-0.15, -0.1) is 0 Å². The molecule has 0 saturated heterocycles. The van der Waals surface area contributed by atoms with Crippen molar-refractivity contribution >= 4 is 5.97 Å². The molecule has 3 heteroatoms. The van der Waals surface area contributed by atoms with Crippen LogP contribution in [0.1, 0.15) is 17.2 Å². The quantitative estimate of drug-likeness (QED) is 0.744. The lowest BCUT2D eigenvalue weighted by Gasteiger charge is -2.13. The number of rotatable bonds is 4. The maximum absolute atomic E-state index is 11.3. The number of aryl methyl sites for hydroxylation is 1. The third-order valence-corrected chi connectivity index (χ3v) is 2.87. The van der Waals surface area contributed by atoms with E-state index in [-0.39, 0.29) is 0 Å². The number of carboxylic acids is 1. The minimum atomic E-state index is -1.06. The first-order chi connectivity index (χ1) is 8.66. The van der Waals surface area contributed by atoms with Crippen LogP contribution in [0.4, 0.5) is 0 Å². The SMILES string of the molecule is Cc1ccc[n+]([C@@H](Cc2ccccc2)C(=O)[O-])c1. The number of aromatic nitrogens is 1. The van der Waals surface area contributed by atoms with Crippen LogP contribution in [0, 0.1) is 6.92 Å². The van der Waals surface area contributed by atoms with Crippen LogP contribution in [-0.4, -0.2) is 5.97 Å². The van der Waals surface area contributed by atoms with E-state index >= 15 is 0 Å². The first kappa shape index (κ1) is 12.3. The third kappa shape index (κ3) is 2.94. The number of pyridine rings is 1. The van der Waals surface area contributed by atoms with Gasteiger partial charge in [0.15, 0.2) is 12.4 Å². The molecule has 0 unspecified atom stereocenters. The number of hydrogen-bond donors (Lipinski definition) is 0. The summed E-state index contributed by atoms with van der Waals surface area (Å²) in [5.41, 5.74) is 2.01. The van der Waals surface area contributed by atoms with Gasteiger partial charge in [0.1, 0.15) is 5.97 Å². The molecule has 2 rings (SSSR count). The van der Waals surface area contributed by atoms with E-state index in [9.17, 15) is 9.90 Å². The maximum atomic E-state index is 11.3. The van der Waals surface area contributed by atoms with E-state index in [2.05, 4.69) is 0 Å². The zero-order chi connectivity index (χ0) is 13.0. The van der Waals surface area contributed by atoms with Crippen molar-refractivity contribution in [3.8, 4) is 0 Å². The summed E-state index contributed by atoms with van der Waals surface area (Å²) in [5, 5.41) is 11.3. The van der Waals surface area contributed by atoms with Crippen molar-refractivity contribution in [3.05, 3.63) is 66.0 Å². The zero-order valence-electron chi connectivity index (χ0n) is 10.2. The molecule has 0 N–H and O–H groups in total.